The molecule has 0 atom stereocenters. The maximum atomic E-state index is 11.6. The van der Waals surface area contributed by atoms with Gasteiger partial charge < -0.3 is 4.52 Å². The van der Waals surface area contributed by atoms with Crippen LogP contribution in [0.2, 0.25) is 0 Å². The second kappa shape index (κ2) is 5.61. The number of aryl methyl sites for hydroxylation is 1. The van der Waals surface area contributed by atoms with Crippen LogP contribution in [0, 0.1) is 0 Å². The Morgan fingerprint density at radius 2 is 2.45 bits per heavy atom. The van der Waals surface area contributed by atoms with E-state index in [2.05, 4.69) is 30.6 Å². The average Bonchev–Trinajstić information content (AvgIpc) is 3.18. The lowest BCUT2D eigenvalue weighted by Gasteiger charge is -1.98. The molecule has 0 aliphatic heterocycles. The van der Waals surface area contributed by atoms with Crippen LogP contribution in [0.25, 0.3) is 10.7 Å². The van der Waals surface area contributed by atoms with E-state index in [1.165, 1.54) is 17.7 Å². The van der Waals surface area contributed by atoms with Crippen molar-refractivity contribution in [1.29, 1.82) is 0 Å². The zero-order chi connectivity index (χ0) is 13.8. The van der Waals surface area contributed by atoms with Crippen molar-refractivity contribution in [3.63, 3.8) is 0 Å². The number of carbonyl (C=O) groups excluding carboxylic acids is 1. The summed E-state index contributed by atoms with van der Waals surface area (Å²) in [6, 6.07) is 3.83. The Bertz CT molecular complexity index is 676. The van der Waals surface area contributed by atoms with Crippen molar-refractivity contribution in [2.75, 3.05) is 5.32 Å². The van der Waals surface area contributed by atoms with Crippen molar-refractivity contribution in [1.82, 2.24) is 25.3 Å². The number of H-pyrrole nitrogens is 1. The van der Waals surface area contributed by atoms with Gasteiger partial charge in [0.1, 0.15) is 6.33 Å². The summed E-state index contributed by atoms with van der Waals surface area (Å²) < 4.78 is 5.10. The summed E-state index contributed by atoms with van der Waals surface area (Å²) in [4.78, 5) is 20.6. The minimum absolute atomic E-state index is 0.197. The standard InChI is InChI=1S/C11H10N6O2S/c18-8(14-11-12-6-13-16-11)3-4-9-15-10(17-19-9)7-2-1-5-20-7/h1-2,5-6H,3-4H2,(H2,12,13,14,16,18). The maximum absolute atomic E-state index is 11.6. The van der Waals surface area contributed by atoms with Crippen molar-refractivity contribution in [3.05, 3.63) is 29.7 Å². The number of aromatic nitrogens is 5. The zero-order valence-electron chi connectivity index (χ0n) is 10.2. The number of rotatable bonds is 5. The summed E-state index contributed by atoms with van der Waals surface area (Å²) in [6.45, 7) is 0. The molecule has 0 aromatic carbocycles. The molecule has 3 aromatic rings. The van der Waals surface area contributed by atoms with Crippen LogP contribution < -0.4 is 5.32 Å². The maximum Gasteiger partial charge on any atom is 0.227 e. The lowest BCUT2D eigenvalue weighted by atomic mass is 10.3. The molecule has 3 aromatic heterocycles. The van der Waals surface area contributed by atoms with Gasteiger partial charge in [0.2, 0.25) is 23.6 Å². The first-order valence-electron chi connectivity index (χ1n) is 5.83. The zero-order valence-corrected chi connectivity index (χ0v) is 11.1. The monoisotopic (exact) mass is 290 g/mol. The lowest BCUT2D eigenvalue weighted by molar-refractivity contribution is -0.116. The highest BCUT2D eigenvalue weighted by Gasteiger charge is 2.11. The Morgan fingerprint density at radius 1 is 1.50 bits per heavy atom. The fourth-order valence-corrected chi connectivity index (χ4v) is 2.19. The van der Waals surface area contributed by atoms with Gasteiger partial charge in [-0.1, -0.05) is 11.2 Å². The predicted molar refractivity (Wildman–Crippen MR) is 70.9 cm³/mol. The SMILES string of the molecule is O=C(CCc1nc(-c2cccs2)no1)Nc1ncn[nH]1. The molecule has 9 heteroatoms. The first kappa shape index (κ1) is 12.5. The second-order valence-corrected chi connectivity index (χ2v) is 4.82. The van der Waals surface area contributed by atoms with E-state index in [9.17, 15) is 4.79 Å². The molecule has 0 aliphatic carbocycles. The highest BCUT2D eigenvalue weighted by atomic mass is 32.1. The minimum Gasteiger partial charge on any atom is -0.339 e. The van der Waals surface area contributed by atoms with E-state index >= 15 is 0 Å². The summed E-state index contributed by atoms with van der Waals surface area (Å²) in [5.74, 6) is 1.10. The van der Waals surface area contributed by atoms with Crippen LogP contribution in [-0.2, 0) is 11.2 Å². The van der Waals surface area contributed by atoms with Crippen molar-refractivity contribution in [2.24, 2.45) is 0 Å². The lowest BCUT2D eigenvalue weighted by Crippen LogP contribution is -2.13. The van der Waals surface area contributed by atoms with E-state index < -0.39 is 0 Å². The molecule has 0 spiro atoms. The summed E-state index contributed by atoms with van der Waals surface area (Å²) >= 11 is 1.53. The molecule has 0 bridgehead atoms. The summed E-state index contributed by atoms with van der Waals surface area (Å²) in [5, 5.41) is 14.6. The number of nitrogens with zero attached hydrogens (tertiary/aromatic N) is 4. The van der Waals surface area contributed by atoms with Gasteiger partial charge in [0, 0.05) is 12.8 Å². The number of thiophene rings is 1. The number of hydrogen-bond donors (Lipinski definition) is 2. The van der Waals surface area contributed by atoms with Gasteiger partial charge in [0.25, 0.3) is 0 Å². The molecule has 8 nitrogen and oxygen atoms in total. The highest BCUT2D eigenvalue weighted by Crippen LogP contribution is 2.21. The van der Waals surface area contributed by atoms with Crippen molar-refractivity contribution < 1.29 is 9.32 Å². The van der Waals surface area contributed by atoms with Crippen LogP contribution in [0.3, 0.4) is 0 Å². The molecule has 0 saturated heterocycles. The van der Waals surface area contributed by atoms with E-state index in [1.807, 2.05) is 17.5 Å². The van der Waals surface area contributed by atoms with Crippen molar-refractivity contribution in [3.8, 4) is 10.7 Å². The van der Waals surface area contributed by atoms with Crippen molar-refractivity contribution >= 4 is 23.2 Å². The van der Waals surface area contributed by atoms with Gasteiger partial charge >= 0.3 is 0 Å². The smallest absolute Gasteiger partial charge is 0.227 e. The van der Waals surface area contributed by atoms with E-state index in [0.29, 0.717) is 24.1 Å². The Morgan fingerprint density at radius 3 is 3.20 bits per heavy atom. The van der Waals surface area contributed by atoms with E-state index in [1.54, 1.807) is 0 Å². The average molecular weight is 290 g/mol. The molecule has 0 aliphatic rings. The van der Waals surface area contributed by atoms with Crippen LogP contribution in [0.15, 0.2) is 28.4 Å². The first-order valence-corrected chi connectivity index (χ1v) is 6.71. The van der Waals surface area contributed by atoms with E-state index in [4.69, 9.17) is 4.52 Å². The topological polar surface area (TPSA) is 110 Å². The van der Waals surface area contributed by atoms with E-state index in [-0.39, 0.29) is 12.3 Å². The molecule has 0 unspecified atom stereocenters. The molecule has 0 radical (unpaired) electrons. The fraction of sp³-hybridized carbons (Fsp3) is 0.182. The van der Waals surface area contributed by atoms with Crippen LogP contribution in [0.5, 0.6) is 0 Å². The number of hydrogen-bond acceptors (Lipinski definition) is 7. The van der Waals surface area contributed by atoms with Gasteiger partial charge in [-0.25, -0.2) is 5.10 Å². The van der Waals surface area contributed by atoms with Gasteiger partial charge in [0.05, 0.1) is 4.88 Å². The molecule has 20 heavy (non-hydrogen) atoms. The number of carbonyl (C=O) groups is 1. The third-order valence-electron chi connectivity index (χ3n) is 2.45. The molecule has 2 N–H and O–H groups in total. The third kappa shape index (κ3) is 2.88. The van der Waals surface area contributed by atoms with Gasteiger partial charge in [-0.15, -0.1) is 11.3 Å². The molecule has 1 amide bonds. The van der Waals surface area contributed by atoms with Crippen LogP contribution in [0.1, 0.15) is 12.3 Å². The molecule has 3 heterocycles. The predicted octanol–water partition coefficient (Wildman–Crippen LogP) is 1.49. The Balaban J connectivity index is 1.55. The number of aromatic amines is 1. The second-order valence-electron chi connectivity index (χ2n) is 3.87. The minimum atomic E-state index is -0.197. The Labute approximate surface area is 117 Å². The Kier molecular flexibility index (Phi) is 3.50. The fourth-order valence-electron chi connectivity index (χ4n) is 1.54. The molecule has 0 saturated carbocycles. The molecular weight excluding hydrogens is 280 g/mol. The molecule has 102 valence electrons. The Hall–Kier alpha value is -2.55. The van der Waals surface area contributed by atoms with Crippen molar-refractivity contribution in [2.45, 2.75) is 12.8 Å². The van der Waals surface area contributed by atoms with Crippen LogP contribution >= 0.6 is 11.3 Å². The highest BCUT2D eigenvalue weighted by molar-refractivity contribution is 7.13. The molecule has 3 rings (SSSR count). The first-order chi connectivity index (χ1) is 9.81. The summed E-state index contributed by atoms with van der Waals surface area (Å²) in [6.07, 6.45) is 1.92. The van der Waals surface area contributed by atoms with Gasteiger partial charge in [0.15, 0.2) is 0 Å². The van der Waals surface area contributed by atoms with Gasteiger partial charge in [-0.05, 0) is 11.4 Å². The number of nitrogens with one attached hydrogen (secondary N) is 2. The van der Waals surface area contributed by atoms with Crippen LogP contribution in [0.4, 0.5) is 5.95 Å². The number of anilines is 1. The third-order valence-corrected chi connectivity index (χ3v) is 3.31. The molecule has 0 fully saturated rings. The van der Waals surface area contributed by atoms with Gasteiger partial charge in [-0.3, -0.25) is 10.1 Å². The quantitative estimate of drug-likeness (QED) is 0.736. The normalized spacial score (nSPS) is 10.6. The van der Waals surface area contributed by atoms with Crippen LogP contribution in [-0.4, -0.2) is 31.2 Å². The molecular formula is C11H10N6O2S. The van der Waals surface area contributed by atoms with Gasteiger partial charge in [-0.2, -0.15) is 15.1 Å². The largest absolute Gasteiger partial charge is 0.339 e. The summed E-state index contributed by atoms with van der Waals surface area (Å²) in [7, 11) is 0. The number of amides is 1. The summed E-state index contributed by atoms with van der Waals surface area (Å²) in [5.41, 5.74) is 0. The van der Waals surface area contributed by atoms with E-state index in [0.717, 1.165) is 4.88 Å².